The van der Waals surface area contributed by atoms with Crippen LogP contribution in [0.5, 0.6) is 0 Å². The minimum atomic E-state index is 0.281. The van der Waals surface area contributed by atoms with E-state index < -0.39 is 0 Å². The third kappa shape index (κ3) is 2.58. The number of thiazole rings is 1. The molecule has 0 spiro atoms. The smallest absolute Gasteiger partial charge is 0.0940 e. The van der Waals surface area contributed by atoms with Crippen LogP contribution in [0.25, 0.3) is 0 Å². The van der Waals surface area contributed by atoms with Crippen LogP contribution in [-0.4, -0.2) is 11.0 Å². The normalized spacial score (nSPS) is 22.5. The van der Waals surface area contributed by atoms with Gasteiger partial charge >= 0.3 is 0 Å². The minimum absolute atomic E-state index is 0.281. The monoisotopic (exact) mass is 224 g/mol. The SMILES string of the molecule is CC1(C(N)Cc2nccs2)CCCCC1. The van der Waals surface area contributed by atoms with Crippen molar-refractivity contribution in [2.45, 2.75) is 51.5 Å². The third-order valence-corrected chi connectivity index (χ3v) is 4.57. The van der Waals surface area contributed by atoms with E-state index in [1.165, 1.54) is 37.1 Å². The van der Waals surface area contributed by atoms with Gasteiger partial charge in [0.2, 0.25) is 0 Å². The largest absolute Gasteiger partial charge is 0.327 e. The van der Waals surface area contributed by atoms with Crippen LogP contribution in [-0.2, 0) is 6.42 Å². The van der Waals surface area contributed by atoms with Gasteiger partial charge in [-0.1, -0.05) is 26.2 Å². The summed E-state index contributed by atoms with van der Waals surface area (Å²) >= 11 is 1.72. The van der Waals surface area contributed by atoms with Gasteiger partial charge in [0, 0.05) is 24.0 Å². The van der Waals surface area contributed by atoms with Crippen molar-refractivity contribution in [2.75, 3.05) is 0 Å². The fraction of sp³-hybridized carbons (Fsp3) is 0.750. The third-order valence-electron chi connectivity index (χ3n) is 3.77. The van der Waals surface area contributed by atoms with Gasteiger partial charge in [0.15, 0.2) is 0 Å². The fourth-order valence-electron chi connectivity index (χ4n) is 2.52. The van der Waals surface area contributed by atoms with Crippen LogP contribution in [0.2, 0.25) is 0 Å². The molecule has 1 heterocycles. The predicted octanol–water partition coefficient (Wildman–Crippen LogP) is 2.98. The van der Waals surface area contributed by atoms with Crippen molar-refractivity contribution < 1.29 is 0 Å². The maximum atomic E-state index is 6.34. The van der Waals surface area contributed by atoms with Gasteiger partial charge < -0.3 is 5.73 Å². The lowest BCUT2D eigenvalue weighted by Crippen LogP contribution is -2.42. The zero-order chi connectivity index (χ0) is 10.7. The van der Waals surface area contributed by atoms with Gasteiger partial charge in [-0.2, -0.15) is 0 Å². The van der Waals surface area contributed by atoms with Crippen molar-refractivity contribution in [3.8, 4) is 0 Å². The summed E-state index contributed by atoms with van der Waals surface area (Å²) in [5, 5.41) is 3.22. The van der Waals surface area contributed by atoms with Gasteiger partial charge in [0.05, 0.1) is 5.01 Å². The van der Waals surface area contributed by atoms with Gasteiger partial charge in [-0.25, -0.2) is 4.98 Å². The topological polar surface area (TPSA) is 38.9 Å². The molecule has 1 unspecified atom stereocenters. The second-order valence-electron chi connectivity index (χ2n) is 4.95. The minimum Gasteiger partial charge on any atom is -0.327 e. The highest BCUT2D eigenvalue weighted by molar-refractivity contribution is 7.09. The molecule has 0 aromatic carbocycles. The Hall–Kier alpha value is -0.410. The summed E-state index contributed by atoms with van der Waals surface area (Å²) in [6.07, 6.45) is 9.49. The fourth-order valence-corrected chi connectivity index (χ4v) is 3.19. The maximum absolute atomic E-state index is 6.34. The maximum Gasteiger partial charge on any atom is 0.0940 e. The van der Waals surface area contributed by atoms with Gasteiger partial charge in [0.25, 0.3) is 0 Å². The number of aromatic nitrogens is 1. The highest BCUT2D eigenvalue weighted by Crippen LogP contribution is 2.38. The van der Waals surface area contributed by atoms with Gasteiger partial charge in [0.1, 0.15) is 0 Å². The van der Waals surface area contributed by atoms with Gasteiger partial charge in [-0.3, -0.25) is 0 Å². The van der Waals surface area contributed by atoms with E-state index in [1.54, 1.807) is 11.3 Å². The van der Waals surface area contributed by atoms with Gasteiger partial charge in [-0.15, -0.1) is 11.3 Å². The van der Waals surface area contributed by atoms with Crippen LogP contribution in [0.15, 0.2) is 11.6 Å². The summed E-state index contributed by atoms with van der Waals surface area (Å²) in [5.41, 5.74) is 6.69. The van der Waals surface area contributed by atoms with Crippen molar-refractivity contribution in [3.63, 3.8) is 0 Å². The summed E-state index contributed by atoms with van der Waals surface area (Å²) in [7, 11) is 0. The Balaban J connectivity index is 1.97. The lowest BCUT2D eigenvalue weighted by Gasteiger charge is -2.38. The Labute approximate surface area is 95.9 Å². The second kappa shape index (κ2) is 4.62. The number of nitrogens with zero attached hydrogens (tertiary/aromatic N) is 1. The van der Waals surface area contributed by atoms with E-state index in [-0.39, 0.29) is 6.04 Å². The molecule has 0 bridgehead atoms. The Bertz CT molecular complexity index is 289. The van der Waals surface area contributed by atoms with Crippen molar-refractivity contribution in [1.29, 1.82) is 0 Å². The quantitative estimate of drug-likeness (QED) is 0.857. The van der Waals surface area contributed by atoms with Crippen molar-refractivity contribution in [1.82, 2.24) is 4.98 Å². The second-order valence-corrected chi connectivity index (χ2v) is 5.93. The molecule has 0 aliphatic heterocycles. The van der Waals surface area contributed by atoms with Crippen LogP contribution in [0, 0.1) is 5.41 Å². The average Bonchev–Trinajstić information content (AvgIpc) is 2.71. The Morgan fingerprint density at radius 1 is 1.47 bits per heavy atom. The zero-order valence-corrected chi connectivity index (χ0v) is 10.2. The van der Waals surface area contributed by atoms with E-state index in [2.05, 4.69) is 11.9 Å². The molecule has 2 nitrogen and oxygen atoms in total. The molecule has 0 amide bonds. The van der Waals surface area contributed by atoms with Crippen LogP contribution < -0.4 is 5.73 Å². The molecule has 1 saturated carbocycles. The Kier molecular flexibility index (Phi) is 3.42. The first-order valence-corrected chi connectivity index (χ1v) is 6.73. The molecule has 0 radical (unpaired) electrons. The lowest BCUT2D eigenvalue weighted by atomic mass is 9.70. The summed E-state index contributed by atoms with van der Waals surface area (Å²) in [5.74, 6) is 0. The van der Waals surface area contributed by atoms with E-state index in [0.29, 0.717) is 5.41 Å². The van der Waals surface area contributed by atoms with E-state index in [4.69, 9.17) is 5.73 Å². The molecule has 1 aliphatic rings. The van der Waals surface area contributed by atoms with E-state index in [1.807, 2.05) is 11.6 Å². The number of hydrogen-bond acceptors (Lipinski definition) is 3. The zero-order valence-electron chi connectivity index (χ0n) is 9.41. The first kappa shape index (κ1) is 11.1. The predicted molar refractivity (Wildman–Crippen MR) is 65.0 cm³/mol. The highest BCUT2D eigenvalue weighted by atomic mass is 32.1. The van der Waals surface area contributed by atoms with Crippen LogP contribution >= 0.6 is 11.3 Å². The average molecular weight is 224 g/mol. The van der Waals surface area contributed by atoms with E-state index >= 15 is 0 Å². The number of nitrogens with two attached hydrogens (primary N) is 1. The molecule has 3 heteroatoms. The molecule has 2 N–H and O–H groups in total. The van der Waals surface area contributed by atoms with Crippen molar-refractivity contribution in [3.05, 3.63) is 16.6 Å². The molecule has 2 rings (SSSR count). The molecule has 15 heavy (non-hydrogen) atoms. The molecule has 1 atom stereocenters. The first-order chi connectivity index (χ1) is 7.21. The summed E-state index contributed by atoms with van der Waals surface area (Å²) in [4.78, 5) is 4.32. The lowest BCUT2D eigenvalue weighted by molar-refractivity contribution is 0.168. The first-order valence-electron chi connectivity index (χ1n) is 5.85. The number of hydrogen-bond donors (Lipinski definition) is 1. The van der Waals surface area contributed by atoms with Crippen LogP contribution in [0.4, 0.5) is 0 Å². The summed E-state index contributed by atoms with van der Waals surface area (Å²) in [6.45, 7) is 2.35. The molecule has 1 aromatic heterocycles. The van der Waals surface area contributed by atoms with Crippen LogP contribution in [0.1, 0.15) is 44.0 Å². The summed E-state index contributed by atoms with van der Waals surface area (Å²) in [6, 6.07) is 0.281. The Morgan fingerprint density at radius 2 is 2.20 bits per heavy atom. The van der Waals surface area contributed by atoms with Crippen LogP contribution in [0.3, 0.4) is 0 Å². The van der Waals surface area contributed by atoms with Crippen molar-refractivity contribution in [2.24, 2.45) is 11.1 Å². The van der Waals surface area contributed by atoms with Gasteiger partial charge in [-0.05, 0) is 18.3 Å². The highest BCUT2D eigenvalue weighted by Gasteiger charge is 2.33. The number of rotatable bonds is 3. The van der Waals surface area contributed by atoms with E-state index in [9.17, 15) is 0 Å². The Morgan fingerprint density at radius 3 is 2.80 bits per heavy atom. The molecular weight excluding hydrogens is 204 g/mol. The molecule has 1 fully saturated rings. The molecular formula is C12H20N2S. The standard InChI is InChI=1S/C12H20N2S/c1-12(5-3-2-4-6-12)10(13)9-11-14-7-8-15-11/h7-8,10H,2-6,9,13H2,1H3. The molecule has 1 aliphatic carbocycles. The molecule has 0 saturated heterocycles. The van der Waals surface area contributed by atoms with Crippen molar-refractivity contribution >= 4 is 11.3 Å². The van der Waals surface area contributed by atoms with E-state index in [0.717, 1.165) is 6.42 Å². The molecule has 1 aromatic rings. The molecule has 84 valence electrons. The summed E-state index contributed by atoms with van der Waals surface area (Å²) < 4.78 is 0.